The molecule has 140 valence electrons. The van der Waals surface area contributed by atoms with Crippen LogP contribution in [0.2, 0.25) is 0 Å². The maximum atomic E-state index is 12.4. The number of nitrogens with zero attached hydrogens (tertiary/aromatic N) is 2. The number of nitrogens with two attached hydrogens (primary N) is 1. The topological polar surface area (TPSA) is 140 Å². The maximum absolute atomic E-state index is 12.4. The first-order chi connectivity index (χ1) is 12.8. The smallest absolute Gasteiger partial charge is 0.329 e. The molecule has 27 heavy (non-hydrogen) atoms. The third-order valence-corrected chi connectivity index (χ3v) is 6.01. The van der Waals surface area contributed by atoms with E-state index in [0.29, 0.717) is 21.7 Å². The molecule has 0 unspecified atom stereocenters. The van der Waals surface area contributed by atoms with E-state index in [4.69, 9.17) is 5.73 Å². The fraction of sp³-hybridized carbons (Fsp3) is 0.188. The van der Waals surface area contributed by atoms with E-state index in [1.807, 2.05) is 0 Å². The van der Waals surface area contributed by atoms with Crippen molar-refractivity contribution in [2.75, 3.05) is 11.1 Å². The van der Waals surface area contributed by atoms with Gasteiger partial charge >= 0.3 is 5.69 Å². The molecule has 0 spiro atoms. The highest BCUT2D eigenvalue weighted by atomic mass is 32.2. The van der Waals surface area contributed by atoms with Gasteiger partial charge in [-0.15, -0.1) is 11.8 Å². The number of carbonyl (C=O) groups is 2. The van der Waals surface area contributed by atoms with Crippen molar-refractivity contribution in [2.45, 2.75) is 17.7 Å². The summed E-state index contributed by atoms with van der Waals surface area (Å²) >= 11 is 2.47. The molecule has 0 saturated carbocycles. The lowest BCUT2D eigenvalue weighted by Crippen LogP contribution is -2.33. The summed E-state index contributed by atoms with van der Waals surface area (Å²) < 4.78 is 1.96. The number of thioether (sulfide) groups is 1. The predicted molar refractivity (Wildman–Crippen MR) is 104 cm³/mol. The van der Waals surface area contributed by atoms with E-state index >= 15 is 0 Å². The predicted octanol–water partition coefficient (Wildman–Crippen LogP) is 0.671. The third kappa shape index (κ3) is 4.26. The van der Waals surface area contributed by atoms with Gasteiger partial charge in [-0.1, -0.05) is 23.5 Å². The molecule has 0 aliphatic rings. The summed E-state index contributed by atoms with van der Waals surface area (Å²) in [4.78, 5) is 53.7. The highest BCUT2D eigenvalue weighted by Gasteiger charge is 2.14. The van der Waals surface area contributed by atoms with Crippen molar-refractivity contribution in [3.05, 3.63) is 50.8 Å². The Bertz CT molecular complexity index is 1150. The molecule has 1 aromatic carbocycles. The van der Waals surface area contributed by atoms with Gasteiger partial charge < -0.3 is 11.1 Å². The van der Waals surface area contributed by atoms with Gasteiger partial charge in [-0.2, -0.15) is 0 Å². The lowest BCUT2D eigenvalue weighted by Gasteiger charge is -2.08. The Hall–Kier alpha value is -2.92. The van der Waals surface area contributed by atoms with Crippen LogP contribution >= 0.6 is 23.1 Å². The van der Waals surface area contributed by atoms with E-state index in [-0.39, 0.29) is 12.3 Å². The average molecular weight is 405 g/mol. The molecule has 2 amide bonds. The molecule has 0 aliphatic carbocycles. The van der Waals surface area contributed by atoms with E-state index < -0.39 is 23.1 Å². The highest BCUT2D eigenvalue weighted by Crippen LogP contribution is 2.31. The normalized spacial score (nSPS) is 10.9. The quantitative estimate of drug-likeness (QED) is 0.515. The number of benzene rings is 1. The molecular formula is C16H15N5O4S2. The van der Waals surface area contributed by atoms with Crippen LogP contribution in [-0.4, -0.2) is 32.1 Å². The Labute approximate surface area is 160 Å². The molecular weight excluding hydrogens is 390 g/mol. The zero-order chi connectivity index (χ0) is 19.6. The first kappa shape index (κ1) is 18.9. The van der Waals surface area contributed by atoms with Crippen LogP contribution < -0.4 is 22.3 Å². The first-order valence-corrected chi connectivity index (χ1v) is 9.55. The number of primary amides is 1. The van der Waals surface area contributed by atoms with Crippen molar-refractivity contribution in [1.82, 2.24) is 14.5 Å². The molecule has 0 saturated heterocycles. The molecule has 9 nitrogen and oxygen atoms in total. The van der Waals surface area contributed by atoms with Gasteiger partial charge in [-0.05, 0) is 19.1 Å². The molecule has 4 N–H and O–H groups in total. The van der Waals surface area contributed by atoms with E-state index in [1.54, 1.807) is 31.2 Å². The fourth-order valence-electron chi connectivity index (χ4n) is 2.41. The number of H-pyrrole nitrogens is 1. The summed E-state index contributed by atoms with van der Waals surface area (Å²) in [6.07, 6.45) is 0. The van der Waals surface area contributed by atoms with E-state index in [9.17, 15) is 19.2 Å². The van der Waals surface area contributed by atoms with Gasteiger partial charge in [0.15, 0.2) is 5.13 Å². The van der Waals surface area contributed by atoms with Crippen molar-refractivity contribution in [3.8, 4) is 0 Å². The number of fused-ring (bicyclic) bond motifs is 1. The number of anilines is 1. The third-order valence-electron chi connectivity index (χ3n) is 3.55. The number of hydrogen-bond donors (Lipinski definition) is 3. The van der Waals surface area contributed by atoms with Crippen molar-refractivity contribution in [2.24, 2.45) is 5.73 Å². The lowest BCUT2D eigenvalue weighted by molar-refractivity contribution is -0.117. The van der Waals surface area contributed by atoms with Crippen molar-refractivity contribution < 1.29 is 9.59 Å². The van der Waals surface area contributed by atoms with Gasteiger partial charge in [0, 0.05) is 0 Å². The highest BCUT2D eigenvalue weighted by molar-refractivity contribution is 8.01. The molecule has 2 heterocycles. The Balaban J connectivity index is 1.80. The number of amides is 2. The number of nitrogens with one attached hydrogen (secondary N) is 2. The molecule has 0 atom stereocenters. The fourth-order valence-corrected chi connectivity index (χ4v) is 4.30. The van der Waals surface area contributed by atoms with Crippen LogP contribution in [-0.2, 0) is 16.1 Å². The molecule has 0 radical (unpaired) electrons. The van der Waals surface area contributed by atoms with Crippen molar-refractivity contribution >= 4 is 50.9 Å². The monoisotopic (exact) mass is 405 g/mol. The zero-order valence-electron chi connectivity index (χ0n) is 14.1. The van der Waals surface area contributed by atoms with Crippen LogP contribution in [0.25, 0.3) is 10.9 Å². The van der Waals surface area contributed by atoms with E-state index in [0.717, 1.165) is 4.21 Å². The Morgan fingerprint density at radius 3 is 2.81 bits per heavy atom. The Morgan fingerprint density at radius 1 is 1.33 bits per heavy atom. The van der Waals surface area contributed by atoms with Gasteiger partial charge in [0.05, 0.1) is 26.6 Å². The molecule has 3 rings (SSSR count). The van der Waals surface area contributed by atoms with Crippen LogP contribution in [0.3, 0.4) is 0 Å². The van der Waals surface area contributed by atoms with Gasteiger partial charge in [0.2, 0.25) is 11.8 Å². The first-order valence-electron chi connectivity index (χ1n) is 7.75. The van der Waals surface area contributed by atoms with Crippen LogP contribution in [0.15, 0.2) is 38.1 Å². The van der Waals surface area contributed by atoms with E-state index in [1.165, 1.54) is 27.7 Å². The van der Waals surface area contributed by atoms with Crippen molar-refractivity contribution in [3.63, 3.8) is 0 Å². The van der Waals surface area contributed by atoms with Gasteiger partial charge in [0.1, 0.15) is 6.54 Å². The minimum Gasteiger partial charge on any atom is -0.369 e. The summed E-state index contributed by atoms with van der Waals surface area (Å²) in [7, 11) is 0. The Morgan fingerprint density at radius 2 is 2.07 bits per heavy atom. The number of hydrogen-bond acceptors (Lipinski definition) is 7. The SMILES string of the molecule is Cc1nc(NC(=O)Cn2c(=O)[nH]c(=O)c3ccccc32)sc1SCC(N)=O. The zero-order valence-corrected chi connectivity index (χ0v) is 15.8. The number of rotatable bonds is 6. The number of aryl methyl sites for hydroxylation is 1. The molecule has 0 bridgehead atoms. The number of aromatic amines is 1. The number of carbonyl (C=O) groups excluding carboxylic acids is 2. The maximum Gasteiger partial charge on any atom is 0.329 e. The summed E-state index contributed by atoms with van der Waals surface area (Å²) in [5, 5.41) is 3.31. The average Bonchev–Trinajstić information content (AvgIpc) is 2.96. The number of thiazole rings is 1. The second-order valence-corrected chi connectivity index (χ2v) is 7.80. The number of aromatic nitrogens is 3. The largest absolute Gasteiger partial charge is 0.369 e. The minimum absolute atomic E-state index is 0.120. The summed E-state index contributed by atoms with van der Waals surface area (Å²) in [6.45, 7) is 1.48. The van der Waals surface area contributed by atoms with Crippen LogP contribution in [0.1, 0.15) is 5.69 Å². The molecule has 3 aromatic rings. The second kappa shape index (κ2) is 7.76. The molecule has 0 fully saturated rings. The lowest BCUT2D eigenvalue weighted by atomic mass is 10.2. The molecule has 0 aliphatic heterocycles. The van der Waals surface area contributed by atoms with Crippen LogP contribution in [0.4, 0.5) is 5.13 Å². The van der Waals surface area contributed by atoms with Crippen molar-refractivity contribution in [1.29, 1.82) is 0 Å². The van der Waals surface area contributed by atoms with Gasteiger partial charge in [0.25, 0.3) is 5.56 Å². The van der Waals surface area contributed by atoms with Gasteiger partial charge in [-0.25, -0.2) is 9.78 Å². The number of para-hydroxylation sites is 1. The summed E-state index contributed by atoms with van der Waals surface area (Å²) in [6, 6.07) is 6.54. The second-order valence-electron chi connectivity index (χ2n) is 5.56. The summed E-state index contributed by atoms with van der Waals surface area (Å²) in [5.41, 5.74) is 5.01. The van der Waals surface area contributed by atoms with Crippen LogP contribution in [0.5, 0.6) is 0 Å². The Kier molecular flexibility index (Phi) is 5.42. The summed E-state index contributed by atoms with van der Waals surface area (Å²) in [5.74, 6) is -0.785. The minimum atomic E-state index is -0.665. The molecule has 2 aromatic heterocycles. The van der Waals surface area contributed by atoms with E-state index in [2.05, 4.69) is 15.3 Å². The standard InChI is InChI=1S/C16H15N5O4S2/c1-8-14(26-7-11(17)22)27-15(18-8)19-12(23)6-21-10-5-3-2-4-9(10)13(24)20-16(21)25/h2-5H,6-7H2,1H3,(H2,17,22)(H,18,19,23)(H,20,24,25). The van der Waals surface area contributed by atoms with Gasteiger partial charge in [-0.3, -0.25) is 23.9 Å². The van der Waals surface area contributed by atoms with Crippen LogP contribution in [0, 0.1) is 6.92 Å². The molecule has 11 heteroatoms.